The molecule has 0 heterocycles. The van der Waals surface area contributed by atoms with Crippen molar-refractivity contribution >= 4 is 34.8 Å². The minimum Gasteiger partial charge on any atom is -0.399 e. The van der Waals surface area contributed by atoms with Gasteiger partial charge in [0.1, 0.15) is 0 Å². The van der Waals surface area contributed by atoms with Gasteiger partial charge in [0.25, 0.3) is 5.91 Å². The third-order valence-electron chi connectivity index (χ3n) is 1.95. The number of aliphatic hydroxyl groups excluding tert-OH is 1. The van der Waals surface area contributed by atoms with Gasteiger partial charge < -0.3 is 16.2 Å². The van der Waals surface area contributed by atoms with Crippen LogP contribution in [0.25, 0.3) is 0 Å². The molecule has 88 valence electrons. The number of nitrogen functional groups attached to an aromatic ring is 1. The number of hydrogen-bond donors (Lipinski definition) is 3. The van der Waals surface area contributed by atoms with Gasteiger partial charge >= 0.3 is 0 Å². The molecular formula is C10H12Cl2N2O2. The van der Waals surface area contributed by atoms with E-state index in [0.717, 1.165) is 0 Å². The summed E-state index contributed by atoms with van der Waals surface area (Å²) in [6.07, 6.45) is 0. The molecule has 6 heteroatoms. The van der Waals surface area contributed by atoms with Crippen LogP contribution in [-0.2, 0) is 0 Å². The van der Waals surface area contributed by atoms with Gasteiger partial charge in [-0.15, -0.1) is 0 Å². The fraction of sp³-hybridized carbons (Fsp3) is 0.300. The minimum atomic E-state index is -0.416. The van der Waals surface area contributed by atoms with Gasteiger partial charge in [0.15, 0.2) is 0 Å². The molecule has 1 rings (SSSR count). The summed E-state index contributed by atoms with van der Waals surface area (Å²) in [5.74, 6) is -0.416. The summed E-state index contributed by atoms with van der Waals surface area (Å²) in [6, 6.07) is 2.55. The molecule has 0 aromatic heterocycles. The Morgan fingerprint density at radius 1 is 1.56 bits per heavy atom. The highest BCUT2D eigenvalue weighted by molar-refractivity contribution is 6.44. The van der Waals surface area contributed by atoms with Crippen molar-refractivity contribution in [2.75, 3.05) is 12.3 Å². The smallest absolute Gasteiger partial charge is 0.253 e. The molecule has 1 aromatic carbocycles. The van der Waals surface area contributed by atoms with Crippen LogP contribution in [0.1, 0.15) is 17.3 Å². The summed E-state index contributed by atoms with van der Waals surface area (Å²) >= 11 is 11.7. The second-order valence-corrected chi connectivity index (χ2v) is 4.21. The maximum atomic E-state index is 11.7. The van der Waals surface area contributed by atoms with Crippen LogP contribution in [0.3, 0.4) is 0 Å². The Kier molecular flexibility index (Phi) is 4.41. The molecule has 1 aromatic rings. The number of amides is 1. The van der Waals surface area contributed by atoms with Crippen molar-refractivity contribution in [3.63, 3.8) is 0 Å². The van der Waals surface area contributed by atoms with E-state index in [0.29, 0.717) is 5.69 Å². The first-order chi connectivity index (χ1) is 7.45. The Hall–Kier alpha value is -0.970. The van der Waals surface area contributed by atoms with E-state index in [9.17, 15) is 4.79 Å². The molecule has 1 amide bonds. The van der Waals surface area contributed by atoms with Crippen molar-refractivity contribution in [1.82, 2.24) is 5.32 Å². The fourth-order valence-electron chi connectivity index (χ4n) is 1.12. The molecule has 0 aliphatic rings. The molecule has 0 saturated heterocycles. The summed E-state index contributed by atoms with van der Waals surface area (Å²) in [5.41, 5.74) is 6.12. The monoisotopic (exact) mass is 262 g/mol. The highest BCUT2D eigenvalue weighted by Gasteiger charge is 2.15. The van der Waals surface area contributed by atoms with Crippen LogP contribution in [0, 0.1) is 0 Å². The van der Waals surface area contributed by atoms with Crippen molar-refractivity contribution in [2.24, 2.45) is 0 Å². The number of halogens is 2. The predicted molar refractivity (Wildman–Crippen MR) is 64.9 cm³/mol. The number of aliphatic hydroxyl groups is 1. The zero-order valence-electron chi connectivity index (χ0n) is 8.63. The SMILES string of the molecule is C[C@H](CO)NC(=O)c1cc(N)cc(Cl)c1Cl. The second-order valence-electron chi connectivity index (χ2n) is 3.42. The highest BCUT2D eigenvalue weighted by atomic mass is 35.5. The van der Waals surface area contributed by atoms with Gasteiger partial charge in [-0.05, 0) is 19.1 Å². The predicted octanol–water partition coefficient (Wildman–Crippen LogP) is 1.69. The second kappa shape index (κ2) is 5.39. The largest absolute Gasteiger partial charge is 0.399 e. The van der Waals surface area contributed by atoms with Crippen molar-refractivity contribution in [3.05, 3.63) is 27.7 Å². The first-order valence-corrected chi connectivity index (χ1v) is 5.37. The Morgan fingerprint density at radius 2 is 2.19 bits per heavy atom. The first-order valence-electron chi connectivity index (χ1n) is 4.62. The lowest BCUT2D eigenvalue weighted by Gasteiger charge is -2.12. The minimum absolute atomic E-state index is 0.151. The molecule has 0 radical (unpaired) electrons. The summed E-state index contributed by atoms with van der Waals surface area (Å²) in [5, 5.41) is 11.7. The van der Waals surface area contributed by atoms with Crippen LogP contribution in [0.15, 0.2) is 12.1 Å². The lowest BCUT2D eigenvalue weighted by molar-refractivity contribution is 0.0922. The van der Waals surface area contributed by atoms with Crippen LogP contribution in [0.4, 0.5) is 5.69 Å². The maximum absolute atomic E-state index is 11.7. The number of nitrogens with two attached hydrogens (primary N) is 1. The Balaban J connectivity index is 2.99. The van der Waals surface area contributed by atoms with E-state index in [1.165, 1.54) is 12.1 Å². The number of rotatable bonds is 3. The number of hydrogen-bond acceptors (Lipinski definition) is 3. The van der Waals surface area contributed by atoms with Crippen LogP contribution in [-0.4, -0.2) is 23.7 Å². The van der Waals surface area contributed by atoms with E-state index >= 15 is 0 Å². The van der Waals surface area contributed by atoms with Crippen LogP contribution in [0.5, 0.6) is 0 Å². The van der Waals surface area contributed by atoms with Gasteiger partial charge in [0, 0.05) is 11.7 Å². The lowest BCUT2D eigenvalue weighted by Crippen LogP contribution is -2.35. The van der Waals surface area contributed by atoms with E-state index < -0.39 is 5.91 Å². The van der Waals surface area contributed by atoms with E-state index in [4.69, 9.17) is 34.0 Å². The molecule has 0 aliphatic heterocycles. The Labute approximate surface area is 103 Å². The number of nitrogens with one attached hydrogen (secondary N) is 1. The van der Waals surface area contributed by atoms with Crippen molar-refractivity contribution in [2.45, 2.75) is 13.0 Å². The maximum Gasteiger partial charge on any atom is 0.253 e. The van der Waals surface area contributed by atoms with E-state index in [-0.39, 0.29) is 28.3 Å². The van der Waals surface area contributed by atoms with Crippen LogP contribution in [0.2, 0.25) is 10.0 Å². The topological polar surface area (TPSA) is 75.3 Å². The van der Waals surface area contributed by atoms with Gasteiger partial charge in [0.05, 0.1) is 22.2 Å². The molecule has 0 bridgehead atoms. The van der Waals surface area contributed by atoms with Crippen LogP contribution < -0.4 is 11.1 Å². The molecule has 0 aliphatic carbocycles. The molecule has 4 nitrogen and oxygen atoms in total. The summed E-state index contributed by atoms with van der Waals surface area (Å²) in [6.45, 7) is 1.51. The molecule has 1 atom stereocenters. The number of anilines is 1. The third kappa shape index (κ3) is 3.01. The zero-order chi connectivity index (χ0) is 12.3. The van der Waals surface area contributed by atoms with Gasteiger partial charge in [-0.1, -0.05) is 23.2 Å². The number of carbonyl (C=O) groups excluding carboxylic acids is 1. The number of carbonyl (C=O) groups is 1. The molecule has 0 saturated carbocycles. The van der Waals surface area contributed by atoms with E-state index in [1.54, 1.807) is 6.92 Å². The van der Waals surface area contributed by atoms with Gasteiger partial charge in [-0.2, -0.15) is 0 Å². The standard InChI is InChI=1S/C10H12Cl2N2O2/c1-5(4-15)14-10(16)7-2-6(13)3-8(11)9(7)12/h2-3,5,15H,4,13H2,1H3,(H,14,16)/t5-/m1/s1. The van der Waals surface area contributed by atoms with Crippen LogP contribution >= 0.6 is 23.2 Å². The van der Waals surface area contributed by atoms with Gasteiger partial charge in [-0.25, -0.2) is 0 Å². The van der Waals surface area contributed by atoms with E-state index in [2.05, 4.69) is 5.32 Å². The molecule has 0 spiro atoms. The van der Waals surface area contributed by atoms with Crippen molar-refractivity contribution < 1.29 is 9.90 Å². The van der Waals surface area contributed by atoms with Crippen molar-refractivity contribution in [3.8, 4) is 0 Å². The van der Waals surface area contributed by atoms with Gasteiger partial charge in [-0.3, -0.25) is 4.79 Å². The summed E-state index contributed by atoms with van der Waals surface area (Å²) < 4.78 is 0. The molecular weight excluding hydrogens is 251 g/mol. The highest BCUT2D eigenvalue weighted by Crippen LogP contribution is 2.28. The van der Waals surface area contributed by atoms with E-state index in [1.807, 2.05) is 0 Å². The first kappa shape index (κ1) is 13.1. The normalized spacial score (nSPS) is 12.2. The zero-order valence-corrected chi connectivity index (χ0v) is 10.1. The molecule has 16 heavy (non-hydrogen) atoms. The fourth-order valence-corrected chi connectivity index (χ4v) is 1.55. The quantitative estimate of drug-likeness (QED) is 0.726. The third-order valence-corrected chi connectivity index (χ3v) is 2.75. The summed E-state index contributed by atoms with van der Waals surface area (Å²) in [7, 11) is 0. The Bertz CT molecular complexity index is 410. The average molecular weight is 263 g/mol. The lowest BCUT2D eigenvalue weighted by atomic mass is 10.1. The molecule has 0 fully saturated rings. The Morgan fingerprint density at radius 3 is 2.75 bits per heavy atom. The average Bonchev–Trinajstić information content (AvgIpc) is 2.22. The number of benzene rings is 1. The van der Waals surface area contributed by atoms with Crippen molar-refractivity contribution in [1.29, 1.82) is 0 Å². The van der Waals surface area contributed by atoms with Gasteiger partial charge in [0.2, 0.25) is 0 Å². The molecule has 0 unspecified atom stereocenters. The summed E-state index contributed by atoms with van der Waals surface area (Å²) in [4.78, 5) is 11.7. The molecule has 4 N–H and O–H groups in total.